The van der Waals surface area contributed by atoms with E-state index in [-0.39, 0.29) is 12.5 Å². The molecule has 3 aromatic rings. The summed E-state index contributed by atoms with van der Waals surface area (Å²) in [6, 6.07) is 12.8. The lowest BCUT2D eigenvalue weighted by Crippen LogP contribution is -2.08. The molecule has 0 atom stereocenters. The van der Waals surface area contributed by atoms with Gasteiger partial charge >= 0.3 is 5.97 Å². The Balaban J connectivity index is 1.67. The van der Waals surface area contributed by atoms with E-state index >= 15 is 0 Å². The van der Waals surface area contributed by atoms with Crippen LogP contribution in [0.15, 0.2) is 47.0 Å². The standard InChI is InChI=1S/C19H18N2O4/c1-12-5-4-6-16(13(12)2)19(22)24-11-17-20-18(21-25-17)14-7-9-15(23-3)10-8-14/h4-10H,11H2,1-3H3. The summed E-state index contributed by atoms with van der Waals surface area (Å²) >= 11 is 0. The zero-order valence-electron chi connectivity index (χ0n) is 14.3. The highest BCUT2D eigenvalue weighted by molar-refractivity contribution is 5.91. The highest BCUT2D eigenvalue weighted by Gasteiger charge is 2.14. The number of methoxy groups -OCH3 is 1. The van der Waals surface area contributed by atoms with Gasteiger partial charge in [0.15, 0.2) is 6.61 Å². The molecule has 0 bridgehead atoms. The van der Waals surface area contributed by atoms with E-state index in [1.54, 1.807) is 13.2 Å². The molecule has 6 nitrogen and oxygen atoms in total. The van der Waals surface area contributed by atoms with Crippen LogP contribution in [0.4, 0.5) is 0 Å². The average Bonchev–Trinajstić information content (AvgIpc) is 3.11. The van der Waals surface area contributed by atoms with E-state index in [2.05, 4.69) is 10.1 Å². The maximum atomic E-state index is 12.2. The maximum Gasteiger partial charge on any atom is 0.338 e. The SMILES string of the molecule is COc1ccc(-c2noc(COC(=O)c3cccc(C)c3C)n2)cc1. The molecule has 128 valence electrons. The number of benzene rings is 2. The van der Waals surface area contributed by atoms with Crippen LogP contribution in [0.1, 0.15) is 27.4 Å². The van der Waals surface area contributed by atoms with Gasteiger partial charge in [0.1, 0.15) is 5.75 Å². The number of aromatic nitrogens is 2. The molecule has 0 saturated carbocycles. The van der Waals surface area contributed by atoms with Crippen molar-refractivity contribution >= 4 is 5.97 Å². The molecule has 0 aliphatic rings. The number of carbonyl (C=O) groups excluding carboxylic acids is 1. The summed E-state index contributed by atoms with van der Waals surface area (Å²) in [6.45, 7) is 3.76. The molecule has 2 aromatic carbocycles. The zero-order valence-corrected chi connectivity index (χ0v) is 14.3. The summed E-state index contributed by atoms with van der Waals surface area (Å²) in [5, 5.41) is 3.91. The Morgan fingerprint density at radius 1 is 1.12 bits per heavy atom. The predicted molar refractivity (Wildman–Crippen MR) is 91.3 cm³/mol. The number of carbonyl (C=O) groups is 1. The zero-order chi connectivity index (χ0) is 17.8. The summed E-state index contributed by atoms with van der Waals surface area (Å²) in [5.74, 6) is 1.00. The fourth-order valence-corrected chi connectivity index (χ4v) is 2.35. The quantitative estimate of drug-likeness (QED) is 0.660. The molecule has 25 heavy (non-hydrogen) atoms. The third kappa shape index (κ3) is 3.68. The molecular weight excluding hydrogens is 320 g/mol. The lowest BCUT2D eigenvalue weighted by molar-refractivity contribution is 0.0429. The Morgan fingerprint density at radius 2 is 1.88 bits per heavy atom. The average molecular weight is 338 g/mol. The Bertz CT molecular complexity index is 885. The molecule has 0 aliphatic carbocycles. The van der Waals surface area contributed by atoms with E-state index in [0.717, 1.165) is 22.4 Å². The van der Waals surface area contributed by atoms with E-state index in [1.165, 1.54) is 0 Å². The first-order valence-corrected chi connectivity index (χ1v) is 7.79. The van der Waals surface area contributed by atoms with Crippen molar-refractivity contribution in [3.8, 4) is 17.1 Å². The summed E-state index contributed by atoms with van der Waals surface area (Å²) < 4.78 is 15.5. The van der Waals surface area contributed by atoms with Gasteiger partial charge in [-0.05, 0) is 55.3 Å². The first kappa shape index (κ1) is 16.7. The topological polar surface area (TPSA) is 74.5 Å². The molecular formula is C19H18N2O4. The molecule has 0 radical (unpaired) electrons. The maximum absolute atomic E-state index is 12.2. The highest BCUT2D eigenvalue weighted by atomic mass is 16.6. The fraction of sp³-hybridized carbons (Fsp3) is 0.211. The minimum absolute atomic E-state index is 0.0740. The van der Waals surface area contributed by atoms with E-state index in [1.807, 2.05) is 50.2 Å². The van der Waals surface area contributed by atoms with Gasteiger partial charge in [0.05, 0.1) is 12.7 Å². The van der Waals surface area contributed by atoms with E-state index in [9.17, 15) is 4.79 Å². The summed E-state index contributed by atoms with van der Waals surface area (Å²) in [5.41, 5.74) is 3.26. The predicted octanol–water partition coefficient (Wildman–Crippen LogP) is 3.72. The van der Waals surface area contributed by atoms with Crippen LogP contribution in [0.3, 0.4) is 0 Å². The van der Waals surface area contributed by atoms with Crippen molar-refractivity contribution in [1.29, 1.82) is 0 Å². The van der Waals surface area contributed by atoms with Crippen LogP contribution in [-0.4, -0.2) is 23.2 Å². The molecule has 1 heterocycles. The number of aryl methyl sites for hydroxylation is 1. The van der Waals surface area contributed by atoms with Gasteiger partial charge in [-0.3, -0.25) is 0 Å². The van der Waals surface area contributed by atoms with Crippen LogP contribution in [0, 0.1) is 13.8 Å². The van der Waals surface area contributed by atoms with Gasteiger partial charge in [-0.2, -0.15) is 4.98 Å². The molecule has 3 rings (SSSR count). The second kappa shape index (κ2) is 7.17. The summed E-state index contributed by atoms with van der Waals surface area (Å²) in [6.07, 6.45) is 0. The molecule has 0 unspecified atom stereocenters. The van der Waals surface area contributed by atoms with Crippen LogP contribution in [-0.2, 0) is 11.3 Å². The smallest absolute Gasteiger partial charge is 0.338 e. The van der Waals surface area contributed by atoms with Crippen LogP contribution >= 0.6 is 0 Å². The van der Waals surface area contributed by atoms with Gasteiger partial charge in [0, 0.05) is 5.56 Å². The molecule has 6 heteroatoms. The Hall–Kier alpha value is -3.15. The van der Waals surface area contributed by atoms with Crippen molar-refractivity contribution in [3.63, 3.8) is 0 Å². The number of rotatable bonds is 5. The van der Waals surface area contributed by atoms with Gasteiger partial charge in [0.25, 0.3) is 5.89 Å². The lowest BCUT2D eigenvalue weighted by atomic mass is 10.0. The van der Waals surface area contributed by atoms with E-state index < -0.39 is 5.97 Å². The van der Waals surface area contributed by atoms with Crippen molar-refractivity contribution in [3.05, 3.63) is 65.0 Å². The molecule has 0 amide bonds. The second-order valence-corrected chi connectivity index (χ2v) is 5.56. The van der Waals surface area contributed by atoms with Crippen molar-refractivity contribution in [2.24, 2.45) is 0 Å². The van der Waals surface area contributed by atoms with Crippen LogP contribution < -0.4 is 4.74 Å². The molecule has 0 aliphatic heterocycles. The number of ether oxygens (including phenoxy) is 2. The van der Waals surface area contributed by atoms with Gasteiger partial charge in [-0.25, -0.2) is 4.79 Å². The van der Waals surface area contributed by atoms with Gasteiger partial charge in [0.2, 0.25) is 5.82 Å². The van der Waals surface area contributed by atoms with Crippen molar-refractivity contribution < 1.29 is 18.8 Å². The minimum atomic E-state index is -0.412. The largest absolute Gasteiger partial charge is 0.497 e. The number of hydrogen-bond donors (Lipinski definition) is 0. The van der Waals surface area contributed by atoms with Crippen LogP contribution in [0.5, 0.6) is 5.75 Å². The van der Waals surface area contributed by atoms with Gasteiger partial charge in [-0.1, -0.05) is 17.3 Å². The first-order chi connectivity index (χ1) is 12.1. The van der Waals surface area contributed by atoms with Crippen molar-refractivity contribution in [2.45, 2.75) is 20.5 Å². The number of nitrogens with zero attached hydrogens (tertiary/aromatic N) is 2. The molecule has 1 aromatic heterocycles. The van der Waals surface area contributed by atoms with Crippen molar-refractivity contribution in [1.82, 2.24) is 10.1 Å². The van der Waals surface area contributed by atoms with Crippen LogP contribution in [0.25, 0.3) is 11.4 Å². The minimum Gasteiger partial charge on any atom is -0.497 e. The second-order valence-electron chi connectivity index (χ2n) is 5.56. The van der Waals surface area contributed by atoms with E-state index in [0.29, 0.717) is 11.4 Å². The van der Waals surface area contributed by atoms with Crippen LogP contribution in [0.2, 0.25) is 0 Å². The lowest BCUT2D eigenvalue weighted by Gasteiger charge is -2.07. The molecule has 0 spiro atoms. The Kier molecular flexibility index (Phi) is 4.79. The normalized spacial score (nSPS) is 10.5. The molecule has 0 saturated heterocycles. The summed E-state index contributed by atoms with van der Waals surface area (Å²) in [4.78, 5) is 16.5. The highest BCUT2D eigenvalue weighted by Crippen LogP contribution is 2.20. The van der Waals surface area contributed by atoms with Crippen molar-refractivity contribution in [2.75, 3.05) is 7.11 Å². The number of hydrogen-bond acceptors (Lipinski definition) is 6. The van der Waals surface area contributed by atoms with Gasteiger partial charge in [-0.15, -0.1) is 0 Å². The number of esters is 1. The third-order valence-corrected chi connectivity index (χ3v) is 3.97. The first-order valence-electron chi connectivity index (χ1n) is 7.79. The molecule has 0 fully saturated rings. The summed E-state index contributed by atoms with van der Waals surface area (Å²) in [7, 11) is 1.60. The fourth-order valence-electron chi connectivity index (χ4n) is 2.35. The Morgan fingerprint density at radius 3 is 2.60 bits per heavy atom. The van der Waals surface area contributed by atoms with E-state index in [4.69, 9.17) is 14.0 Å². The monoisotopic (exact) mass is 338 g/mol. The van der Waals surface area contributed by atoms with Gasteiger partial charge < -0.3 is 14.0 Å². The molecule has 0 N–H and O–H groups in total. The third-order valence-electron chi connectivity index (χ3n) is 3.97. The Labute approximate surface area is 145 Å².